The largest absolute Gasteiger partial charge is 0.490 e. The third kappa shape index (κ3) is 9.98. The number of carbonyl (C=O) groups excluding carboxylic acids is 2. The molecule has 1 aliphatic rings. The number of esters is 1. The van der Waals surface area contributed by atoms with E-state index in [9.17, 15) is 24.8 Å². The maximum Gasteiger partial charge on any atom is 0.337 e. The zero-order valence-electron chi connectivity index (χ0n) is 28.8. The van der Waals surface area contributed by atoms with Gasteiger partial charge in [-0.2, -0.15) is 5.10 Å². The number of benzene rings is 3. The number of carbonyl (C=O) groups is 2. The SMILES string of the molecule is C=CCc1cc(/C=N\N[C@@H](O)COc2ccc([C@@H]3NC(=O)NC(C)=C3C(=O)OC)cc2OCC)cc(OCC)c1OCc1ccc([N+](=O)[O-])cc1. The van der Waals surface area contributed by atoms with Crippen LogP contribution in [0.2, 0.25) is 0 Å². The number of hydrogen-bond acceptors (Lipinski definition) is 12. The van der Waals surface area contributed by atoms with E-state index in [1.807, 2.05) is 13.0 Å². The second-order valence-electron chi connectivity index (χ2n) is 11.1. The Morgan fingerprint density at radius 2 is 1.78 bits per heavy atom. The Hall–Kier alpha value is -6.09. The van der Waals surface area contributed by atoms with Gasteiger partial charge in [-0.1, -0.05) is 12.1 Å². The predicted molar refractivity (Wildman–Crippen MR) is 188 cm³/mol. The molecule has 4 rings (SSSR count). The zero-order valence-corrected chi connectivity index (χ0v) is 28.8. The fourth-order valence-electron chi connectivity index (χ4n) is 5.18. The number of hydrazone groups is 1. The number of nitrogens with zero attached hydrogens (tertiary/aromatic N) is 2. The minimum Gasteiger partial charge on any atom is -0.490 e. The molecule has 0 unspecified atom stereocenters. The molecule has 15 heteroatoms. The van der Waals surface area contributed by atoms with E-state index in [2.05, 4.69) is 27.7 Å². The molecule has 1 aliphatic heterocycles. The van der Waals surface area contributed by atoms with Gasteiger partial charge in [0.25, 0.3) is 5.69 Å². The molecule has 3 aromatic rings. The van der Waals surface area contributed by atoms with Crippen molar-refractivity contribution in [1.29, 1.82) is 0 Å². The number of urea groups is 1. The molecule has 0 bridgehead atoms. The summed E-state index contributed by atoms with van der Waals surface area (Å²) in [5.74, 6) is 1.07. The number of nitrogens with one attached hydrogen (secondary N) is 3. The van der Waals surface area contributed by atoms with Gasteiger partial charge in [0.1, 0.15) is 13.2 Å². The van der Waals surface area contributed by atoms with E-state index < -0.39 is 29.2 Å². The molecule has 270 valence electrons. The first-order valence-corrected chi connectivity index (χ1v) is 16.1. The average molecular weight is 704 g/mol. The van der Waals surface area contributed by atoms with Crippen LogP contribution in [0.15, 0.2) is 83.6 Å². The molecular weight excluding hydrogens is 662 g/mol. The van der Waals surface area contributed by atoms with E-state index in [1.165, 1.54) is 25.5 Å². The molecule has 0 aliphatic carbocycles. The monoisotopic (exact) mass is 703 g/mol. The van der Waals surface area contributed by atoms with Crippen LogP contribution in [0.3, 0.4) is 0 Å². The number of nitro groups is 1. The lowest BCUT2D eigenvalue weighted by Crippen LogP contribution is -2.45. The third-order valence-electron chi connectivity index (χ3n) is 7.46. The number of methoxy groups -OCH3 is 1. The van der Waals surface area contributed by atoms with Gasteiger partial charge in [0.15, 0.2) is 29.2 Å². The summed E-state index contributed by atoms with van der Waals surface area (Å²) in [7, 11) is 1.26. The quantitative estimate of drug-likeness (QED) is 0.0355. The van der Waals surface area contributed by atoms with E-state index in [-0.39, 0.29) is 24.5 Å². The summed E-state index contributed by atoms with van der Waals surface area (Å²) in [6.07, 6.45) is 2.50. The number of rotatable bonds is 18. The van der Waals surface area contributed by atoms with Crippen molar-refractivity contribution in [2.75, 3.05) is 26.9 Å². The van der Waals surface area contributed by atoms with Gasteiger partial charge in [0.05, 0.1) is 43.1 Å². The minimum absolute atomic E-state index is 0.00554. The highest BCUT2D eigenvalue weighted by Crippen LogP contribution is 2.36. The normalized spacial score (nSPS) is 14.6. The van der Waals surface area contributed by atoms with Gasteiger partial charge in [-0.05, 0) is 80.3 Å². The molecule has 0 saturated heterocycles. The van der Waals surface area contributed by atoms with Crippen LogP contribution < -0.4 is 35.0 Å². The number of non-ortho nitro benzene ring substituents is 1. The van der Waals surface area contributed by atoms with Crippen LogP contribution >= 0.6 is 0 Å². The molecule has 3 aromatic carbocycles. The third-order valence-corrected chi connectivity index (χ3v) is 7.46. The number of ether oxygens (including phenoxy) is 5. The molecule has 4 N–H and O–H groups in total. The van der Waals surface area contributed by atoms with Gasteiger partial charge < -0.3 is 39.4 Å². The molecule has 2 atom stereocenters. The first-order valence-electron chi connectivity index (χ1n) is 16.1. The molecule has 0 fully saturated rings. The van der Waals surface area contributed by atoms with Crippen LogP contribution in [0.5, 0.6) is 23.0 Å². The maximum atomic E-state index is 12.5. The number of hydrogen-bond donors (Lipinski definition) is 4. The molecule has 2 amide bonds. The van der Waals surface area contributed by atoms with Gasteiger partial charge in [0.2, 0.25) is 0 Å². The van der Waals surface area contributed by atoms with Crippen LogP contribution in [-0.4, -0.2) is 61.4 Å². The van der Waals surface area contributed by atoms with Crippen LogP contribution in [0, 0.1) is 10.1 Å². The molecule has 0 saturated carbocycles. The fourth-order valence-corrected chi connectivity index (χ4v) is 5.18. The number of allylic oxidation sites excluding steroid dienone is 2. The van der Waals surface area contributed by atoms with Crippen molar-refractivity contribution in [3.63, 3.8) is 0 Å². The number of amides is 2. The summed E-state index contributed by atoms with van der Waals surface area (Å²) in [6.45, 7) is 9.74. The van der Waals surface area contributed by atoms with Crippen molar-refractivity contribution in [2.45, 2.75) is 46.1 Å². The zero-order chi connectivity index (χ0) is 36.9. The highest BCUT2D eigenvalue weighted by Gasteiger charge is 2.32. The smallest absolute Gasteiger partial charge is 0.337 e. The summed E-state index contributed by atoms with van der Waals surface area (Å²) in [5.41, 5.74) is 6.01. The second kappa shape index (κ2) is 18.1. The summed E-state index contributed by atoms with van der Waals surface area (Å²) in [4.78, 5) is 35.2. The van der Waals surface area contributed by atoms with Crippen molar-refractivity contribution >= 4 is 23.9 Å². The Balaban J connectivity index is 1.44. The first-order chi connectivity index (χ1) is 24.6. The number of aliphatic hydroxyl groups is 1. The van der Waals surface area contributed by atoms with E-state index in [1.54, 1.807) is 56.3 Å². The lowest BCUT2D eigenvalue weighted by molar-refractivity contribution is -0.384. The Kier molecular flexibility index (Phi) is 13.4. The van der Waals surface area contributed by atoms with Crippen molar-refractivity contribution < 1.29 is 43.3 Å². The van der Waals surface area contributed by atoms with Crippen molar-refractivity contribution in [3.8, 4) is 23.0 Å². The van der Waals surface area contributed by atoms with E-state index in [0.29, 0.717) is 59.5 Å². The van der Waals surface area contributed by atoms with Gasteiger partial charge in [0, 0.05) is 23.4 Å². The summed E-state index contributed by atoms with van der Waals surface area (Å²) < 4.78 is 28.5. The number of aliphatic hydroxyl groups excluding tert-OH is 1. The lowest BCUT2D eigenvalue weighted by Gasteiger charge is -2.28. The van der Waals surface area contributed by atoms with Crippen molar-refractivity contribution in [1.82, 2.24) is 16.1 Å². The molecule has 51 heavy (non-hydrogen) atoms. The molecule has 0 aromatic heterocycles. The highest BCUT2D eigenvalue weighted by molar-refractivity contribution is 5.95. The fraction of sp³-hybridized carbons (Fsp3) is 0.306. The van der Waals surface area contributed by atoms with E-state index in [0.717, 1.165) is 11.1 Å². The van der Waals surface area contributed by atoms with Crippen LogP contribution in [0.25, 0.3) is 0 Å². The molecule has 0 radical (unpaired) electrons. The van der Waals surface area contributed by atoms with E-state index >= 15 is 0 Å². The van der Waals surface area contributed by atoms with E-state index in [4.69, 9.17) is 23.7 Å². The summed E-state index contributed by atoms with van der Waals surface area (Å²) >= 11 is 0. The van der Waals surface area contributed by atoms with Gasteiger partial charge in [-0.3, -0.25) is 15.5 Å². The Bertz CT molecular complexity index is 1790. The van der Waals surface area contributed by atoms with Crippen molar-refractivity contribution in [2.24, 2.45) is 5.10 Å². The highest BCUT2D eigenvalue weighted by atomic mass is 16.6. The first kappa shape index (κ1) is 37.7. The molecular formula is C36H41N5O10. The van der Waals surface area contributed by atoms with Gasteiger partial charge in [-0.25, -0.2) is 9.59 Å². The lowest BCUT2D eigenvalue weighted by atomic mass is 9.95. The predicted octanol–water partition coefficient (Wildman–Crippen LogP) is 4.82. The Morgan fingerprint density at radius 1 is 1.06 bits per heavy atom. The van der Waals surface area contributed by atoms with Gasteiger partial charge in [-0.15, -0.1) is 6.58 Å². The Labute approximate surface area is 295 Å². The minimum atomic E-state index is -1.21. The molecule has 1 heterocycles. The average Bonchev–Trinajstić information content (AvgIpc) is 3.10. The van der Waals surface area contributed by atoms with Crippen molar-refractivity contribution in [3.05, 3.63) is 111 Å². The maximum absolute atomic E-state index is 12.5. The van der Waals surface area contributed by atoms with Crippen LogP contribution in [0.4, 0.5) is 10.5 Å². The van der Waals surface area contributed by atoms with Crippen LogP contribution in [-0.2, 0) is 22.6 Å². The second-order valence-corrected chi connectivity index (χ2v) is 11.1. The number of nitro benzene ring substituents is 1. The molecule has 0 spiro atoms. The topological polar surface area (TPSA) is 192 Å². The van der Waals surface area contributed by atoms with Crippen LogP contribution in [0.1, 0.15) is 49.1 Å². The van der Waals surface area contributed by atoms with Gasteiger partial charge >= 0.3 is 12.0 Å². The summed E-state index contributed by atoms with van der Waals surface area (Å²) in [5, 5.41) is 31.1. The molecule has 15 nitrogen and oxygen atoms in total. The standard InChI is InChI=1S/C36H41N5O10/c1-6-9-26-16-24(17-30(49-8-3)34(26)51-20-23-10-13-27(14-11-23)41(45)46)19-37-40-31(42)21-50-28-15-12-25(18-29(28)48-7-2)33-32(35(43)47-5)22(4)38-36(44)39-33/h6,10-19,31,33,40,42H,1,7-9,20-21H2,2-5H3,(H2,38,39,44)/b37-19-/t31-,33-/m0/s1. The summed E-state index contributed by atoms with van der Waals surface area (Å²) in [6, 6.07) is 13.4. The Morgan fingerprint density at radius 3 is 2.45 bits per heavy atom.